The molecule has 884 valence electrons. The third kappa shape index (κ3) is 23.9. The van der Waals surface area contributed by atoms with Gasteiger partial charge in [-0.15, -0.1) is 0 Å². The molecule has 17 nitrogen and oxygen atoms in total. The number of rotatable bonds is 43. The maximum atomic E-state index is 17.0. The summed E-state index contributed by atoms with van der Waals surface area (Å²) in [6.07, 6.45) is -259. The minimum atomic E-state index is -10.7. The van der Waals surface area contributed by atoms with Gasteiger partial charge in [-0.1, -0.05) is 18.2 Å². The summed E-state index contributed by atoms with van der Waals surface area (Å²) >= 11 is 0. The number of hydrogen-bond donors (Lipinski definition) is 3. The van der Waals surface area contributed by atoms with E-state index in [0.717, 1.165) is 9.47 Å². The topological polar surface area (TPSA) is 195 Å². The number of carbonyl (C=O) groups excluding carboxylic acids is 1. The molecule has 1 aromatic rings. The van der Waals surface area contributed by atoms with Crippen LogP contribution in [0.15, 0.2) is 18.2 Å². The van der Waals surface area contributed by atoms with Crippen LogP contribution in [-0.4, -0.2) is 255 Å². The Kier molecular flexibility index (Phi) is 36.0. The fourth-order valence-electron chi connectivity index (χ4n) is 8.22. The van der Waals surface area contributed by atoms with Gasteiger partial charge in [0.1, 0.15) is 0 Å². The van der Waals surface area contributed by atoms with Gasteiger partial charge in [0.2, 0.25) is 5.91 Å². The zero-order chi connectivity index (χ0) is 121. The van der Waals surface area contributed by atoms with Crippen molar-refractivity contribution in [3.8, 4) is 0 Å². The summed E-state index contributed by atoms with van der Waals surface area (Å²) in [6.45, 7) is -1.31. The average molecular weight is 2440 g/mol. The van der Waals surface area contributed by atoms with E-state index in [1.807, 2.05) is 0 Å². The van der Waals surface area contributed by atoms with Crippen LogP contribution >= 0.6 is 0 Å². The smallest absolute Gasteiger partial charge is 0.422 e. The van der Waals surface area contributed by atoms with Crippen molar-refractivity contribution in [3.63, 3.8) is 0 Å². The molecule has 4 N–H and O–H groups in total. The zero-order valence-corrected chi connectivity index (χ0v) is 64.0. The molecule has 1 amide bonds. The van der Waals surface area contributed by atoms with E-state index in [4.69, 9.17) is 5.73 Å². The van der Waals surface area contributed by atoms with Crippen molar-refractivity contribution in [2.45, 2.75) is 248 Å². The van der Waals surface area contributed by atoms with Crippen LogP contribution in [0.1, 0.15) is 17.5 Å². The predicted molar refractivity (Wildman–Crippen MR) is 268 cm³/mol. The fourth-order valence-corrected chi connectivity index (χ4v) is 8.22. The van der Waals surface area contributed by atoms with Crippen LogP contribution in [0.2, 0.25) is 0 Å². The van der Waals surface area contributed by atoms with Crippen LogP contribution in [0.25, 0.3) is 0 Å². The lowest BCUT2D eigenvalue weighted by Crippen LogP contribution is -2.73. The molecule has 12 atom stereocenters. The second-order valence-electron chi connectivity index (χ2n) is 26.0. The van der Waals surface area contributed by atoms with Gasteiger partial charge in [0.05, 0.1) is 0 Å². The third-order valence-electron chi connectivity index (χ3n) is 15.5. The number of amides is 1. The van der Waals surface area contributed by atoms with Crippen molar-refractivity contribution >= 4 is 18.5 Å². The number of ether oxygens (including phenoxy) is 12. The van der Waals surface area contributed by atoms with E-state index in [9.17, 15) is 247 Å². The van der Waals surface area contributed by atoms with E-state index in [1.54, 1.807) is 0 Å². The number of halogens is 82. The summed E-state index contributed by atoms with van der Waals surface area (Å²) in [5.74, 6) is -143. The van der Waals surface area contributed by atoms with Gasteiger partial charge in [0.25, 0.3) is 0 Å². The monoisotopic (exact) mass is 2440 g/mol. The normalized spacial score (nSPS) is 20.5. The molecule has 0 aromatic heterocycles. The number of nitrogens with one attached hydrogen (secondary N) is 1. The summed E-state index contributed by atoms with van der Waals surface area (Å²) in [7, 11) is -4.65. The van der Waals surface area contributed by atoms with E-state index in [-0.39, 0.29) is 0 Å². The van der Waals surface area contributed by atoms with E-state index in [0.29, 0.717) is 52.8 Å². The highest BCUT2D eigenvalue weighted by molar-refractivity contribution is 6.60. The standard InChI is InChI=1S/C49H11BF82N2O15/c51-10(24(67,68)69,137-40(113,114)14(57,28(79,80)81)141-44(121,122)18(61,32(91,92)93)145-48(129,130)22(65,36(103,104)105)147-46(125,126)20(63,34(97,98)99)143-42(117,118)16(59,30(85,86)87)139-38(109,110)12(53,54)26(73,74)75)7-2-1-6(50(136)149-134-9(135)3-4-133)5-8(7)11(52,25(70,71)72)138-41(115,116)15(58,29(82,83)84)142-45(123,124)19(62,33(94,95)96)146-49(131,132)23(66,37(106,107)108)148-47(127,128)21(64,35(100,101)102)144-43(119,120)17(60,31(88,89)90)140-39(111,112)13(55,56)27(76,77)78/h1-2,5,136H,3-4,133H2,(H,134,135). The highest BCUT2D eigenvalue weighted by Gasteiger charge is 2.97. The number of hydrogen-bond acceptors (Lipinski definition) is 16. The fraction of sp³-hybridized carbons (Fsp3) is 0.857. The first-order valence-corrected chi connectivity index (χ1v) is 31.8. The van der Waals surface area contributed by atoms with Gasteiger partial charge >= 0.3 is 249 Å². The molecule has 0 heterocycles. The van der Waals surface area contributed by atoms with E-state index >= 15 is 123 Å². The highest BCUT2D eigenvalue weighted by Crippen LogP contribution is 2.70. The van der Waals surface area contributed by atoms with E-state index < -0.39 is 303 Å². The van der Waals surface area contributed by atoms with Gasteiger partial charge in [-0.05, 0) is 5.46 Å². The first-order chi connectivity index (χ1) is 63.4. The van der Waals surface area contributed by atoms with Crippen molar-refractivity contribution in [2.75, 3.05) is 6.54 Å². The first kappa shape index (κ1) is 139. The van der Waals surface area contributed by atoms with Crippen molar-refractivity contribution in [3.05, 3.63) is 29.3 Å². The number of hydroxylamine groups is 1. The van der Waals surface area contributed by atoms with Gasteiger partial charge in [-0.25, -0.2) is 5.48 Å². The largest absolute Gasteiger partial charge is 0.514 e. The lowest BCUT2D eigenvalue weighted by Gasteiger charge is -2.45. The molecule has 0 fully saturated rings. The predicted octanol–water partition coefficient (Wildman–Crippen LogP) is 24.1. The summed E-state index contributed by atoms with van der Waals surface area (Å²) in [5.41, 5.74) is -9.93. The molecule has 100 heteroatoms. The Labute approximate surface area is 746 Å². The summed E-state index contributed by atoms with van der Waals surface area (Å²) < 4.78 is 1190. The Morgan fingerprint density at radius 2 is 0.362 bits per heavy atom. The van der Waals surface area contributed by atoms with Crippen LogP contribution < -0.4 is 16.7 Å². The van der Waals surface area contributed by atoms with Gasteiger partial charge in [0, 0.05) is 24.1 Å². The third-order valence-corrected chi connectivity index (χ3v) is 15.5. The molecule has 0 saturated carbocycles. The van der Waals surface area contributed by atoms with Crippen molar-refractivity contribution in [1.82, 2.24) is 5.48 Å². The molecule has 0 saturated heterocycles. The highest BCUT2D eigenvalue weighted by atomic mass is 19.5. The van der Waals surface area contributed by atoms with Crippen LogP contribution in [0.4, 0.5) is 360 Å². The average Bonchev–Trinajstić information content (AvgIpc) is 0.704. The first-order valence-electron chi connectivity index (χ1n) is 31.8. The summed E-state index contributed by atoms with van der Waals surface area (Å²) in [6, 6.07) is -7.38. The maximum absolute atomic E-state index is 17.0. The second kappa shape index (κ2) is 38.5. The van der Waals surface area contributed by atoms with E-state index in [2.05, 4.69) is 4.76 Å². The van der Waals surface area contributed by atoms with Crippen LogP contribution in [0, 0.1) is 0 Å². The lowest BCUT2D eigenvalue weighted by molar-refractivity contribution is -0.605. The molecule has 149 heavy (non-hydrogen) atoms. The number of alkyl halides is 82. The van der Waals surface area contributed by atoms with Crippen LogP contribution in [0.3, 0.4) is 0 Å². The Balaban J connectivity index is 5.12. The SMILES string of the molecule is NCCC(=O)NOB(O)c1ccc(C(F)(OC(F)(F)C(F)(OC(F)(F)C(F)(OC(F)(F)C(F)(OC(F)(F)C(F)(OC(F)(F)C(F)(OC(F)(F)C(F)(F)C(F)(F)F)C(F)(F)F)C(F)(F)F)C(F)(F)F)C(F)(F)F)C(F)(F)F)C(F)(F)F)c(C(F)(OC(F)(F)C(F)(OC(F)(F)C(F)(OC(F)(F)C(F)(OC(F)(F)C(F)(OC(F)(F)C(F)(OC(F)(F)C(F)(F)C(F)(F)F)C(F)(F)F)C(F)(F)F)C(F)(F)F)C(F)(F)F)C(F)(F)F)C(F)(F)F)c1. The summed E-state index contributed by atoms with van der Waals surface area (Å²) in [4.78, 5) is 11.8. The number of carbonyl (C=O) groups is 1. The molecule has 12 unspecified atom stereocenters. The lowest BCUT2D eigenvalue weighted by atomic mass is 9.77. The Hall–Kier alpha value is -7.59. The molecule has 0 radical (unpaired) electrons. The van der Waals surface area contributed by atoms with Gasteiger partial charge in [0.15, 0.2) is 0 Å². The zero-order valence-electron chi connectivity index (χ0n) is 64.0. The second-order valence-corrected chi connectivity index (χ2v) is 26.0. The minimum Gasteiger partial charge on any atom is -0.422 e. The molecule has 0 aliphatic rings. The molecule has 0 aliphatic carbocycles. The Morgan fingerprint density at radius 1 is 0.215 bits per heavy atom. The minimum absolute atomic E-state index is 0.372. The molecule has 1 aromatic carbocycles. The van der Waals surface area contributed by atoms with E-state index in [1.165, 1.54) is 0 Å². The number of benzene rings is 1. The molecular weight excluding hydrogens is 2430 g/mol. The van der Waals surface area contributed by atoms with Gasteiger partial charge < -0.3 is 10.8 Å². The van der Waals surface area contributed by atoms with Crippen molar-refractivity contribution < 1.29 is 431 Å². The van der Waals surface area contributed by atoms with Crippen LogP contribution in [0.5, 0.6) is 0 Å². The molecule has 0 bridgehead atoms. The quantitative estimate of drug-likeness (QED) is 0.0317. The van der Waals surface area contributed by atoms with Crippen LogP contribution in [-0.2, 0) is 78.1 Å². The Morgan fingerprint density at radius 3 is 0.503 bits per heavy atom. The Bertz CT molecular complexity index is 4750. The van der Waals surface area contributed by atoms with Crippen molar-refractivity contribution in [1.29, 1.82) is 0 Å². The maximum Gasteiger partial charge on any atom is 0.514 e. The van der Waals surface area contributed by atoms with Gasteiger partial charge in [-0.2, -0.15) is 360 Å². The summed E-state index contributed by atoms with van der Waals surface area (Å²) in [5, 5.41) is 10.1. The number of nitrogens with two attached hydrogens (primary N) is 1. The molecule has 0 spiro atoms. The molecule has 1 rings (SSSR count). The van der Waals surface area contributed by atoms with Gasteiger partial charge in [-0.3, -0.25) is 66.4 Å². The molecular formula is C49H11BF82N2O15. The van der Waals surface area contributed by atoms with Crippen molar-refractivity contribution in [2.24, 2.45) is 5.73 Å². The molecule has 0 aliphatic heterocycles.